The monoisotopic (exact) mass is 298 g/mol. The molecular formula is C18H25F3. The Hall–Kier alpha value is -1.25. The van der Waals surface area contributed by atoms with Gasteiger partial charge in [0.15, 0.2) is 0 Å². The fourth-order valence-electron chi connectivity index (χ4n) is 2.78. The number of benzene rings is 1. The molecule has 0 spiro atoms. The van der Waals surface area contributed by atoms with Gasteiger partial charge < -0.3 is 0 Å². The van der Waals surface area contributed by atoms with Crippen LogP contribution in [0.25, 0.3) is 5.57 Å². The van der Waals surface area contributed by atoms with Crippen molar-refractivity contribution >= 4 is 5.57 Å². The Labute approximate surface area is 126 Å². The minimum absolute atomic E-state index is 0.554. The van der Waals surface area contributed by atoms with Gasteiger partial charge in [-0.05, 0) is 55.0 Å². The lowest BCUT2D eigenvalue weighted by atomic mass is 9.89. The van der Waals surface area contributed by atoms with Gasteiger partial charge in [0.1, 0.15) is 0 Å². The predicted molar refractivity (Wildman–Crippen MR) is 83.2 cm³/mol. The molecule has 0 atom stereocenters. The Kier molecular flexibility index (Phi) is 6.50. The molecule has 0 fully saturated rings. The van der Waals surface area contributed by atoms with Gasteiger partial charge in [-0.3, -0.25) is 0 Å². The maximum absolute atomic E-state index is 12.9. The highest BCUT2D eigenvalue weighted by Crippen LogP contribution is 2.35. The topological polar surface area (TPSA) is 0 Å². The Morgan fingerprint density at radius 3 is 2.00 bits per heavy atom. The lowest BCUT2D eigenvalue weighted by molar-refractivity contribution is -0.137. The minimum atomic E-state index is -4.28. The first-order valence-electron chi connectivity index (χ1n) is 7.74. The Balaban J connectivity index is 3.41. The summed E-state index contributed by atoms with van der Waals surface area (Å²) in [5.41, 5.74) is 3.54. The zero-order valence-corrected chi connectivity index (χ0v) is 13.4. The Morgan fingerprint density at radius 2 is 1.57 bits per heavy atom. The summed E-state index contributed by atoms with van der Waals surface area (Å²) >= 11 is 0. The summed E-state index contributed by atoms with van der Waals surface area (Å²) in [6.07, 6.45) is 0.474. The van der Waals surface area contributed by atoms with E-state index in [1.807, 2.05) is 13.8 Å². The minimum Gasteiger partial charge on any atom is -0.166 e. The van der Waals surface area contributed by atoms with Crippen molar-refractivity contribution in [1.29, 1.82) is 0 Å². The molecule has 1 aromatic rings. The molecule has 0 unspecified atom stereocenters. The molecule has 0 aliphatic rings. The Morgan fingerprint density at radius 1 is 1.00 bits per heavy atom. The van der Waals surface area contributed by atoms with E-state index in [-0.39, 0.29) is 0 Å². The van der Waals surface area contributed by atoms with Crippen molar-refractivity contribution in [1.82, 2.24) is 0 Å². The molecule has 0 aromatic heterocycles. The van der Waals surface area contributed by atoms with Crippen LogP contribution < -0.4 is 0 Å². The molecule has 1 rings (SSSR count). The Bertz CT molecular complexity index is 488. The van der Waals surface area contributed by atoms with Crippen molar-refractivity contribution in [3.63, 3.8) is 0 Å². The first-order chi connectivity index (χ1) is 9.85. The molecule has 0 nitrogen and oxygen atoms in total. The second kappa shape index (κ2) is 7.67. The van der Waals surface area contributed by atoms with Crippen LogP contribution in [0.15, 0.2) is 23.8 Å². The molecule has 0 bridgehead atoms. The molecule has 0 radical (unpaired) electrons. The van der Waals surface area contributed by atoms with Crippen LogP contribution in [0.1, 0.15) is 69.6 Å². The molecule has 0 saturated carbocycles. The number of hydrogen-bond donors (Lipinski definition) is 0. The van der Waals surface area contributed by atoms with Gasteiger partial charge in [-0.15, -0.1) is 0 Å². The number of halogens is 3. The maximum atomic E-state index is 12.9. The van der Waals surface area contributed by atoms with Gasteiger partial charge in [0.2, 0.25) is 0 Å². The molecule has 0 N–H and O–H groups in total. The second-order valence-corrected chi connectivity index (χ2v) is 5.46. The summed E-state index contributed by atoms with van der Waals surface area (Å²) in [7, 11) is 0. The van der Waals surface area contributed by atoms with Crippen molar-refractivity contribution in [3.05, 3.63) is 40.5 Å². The lowest BCUT2D eigenvalue weighted by Gasteiger charge is -2.18. The van der Waals surface area contributed by atoms with E-state index in [0.717, 1.165) is 48.8 Å². The summed E-state index contributed by atoms with van der Waals surface area (Å²) < 4.78 is 38.8. The zero-order valence-electron chi connectivity index (χ0n) is 13.4. The summed E-state index contributed by atoms with van der Waals surface area (Å²) in [6.45, 7) is 8.14. The van der Waals surface area contributed by atoms with Crippen LogP contribution in [0.2, 0.25) is 0 Å². The molecule has 1 aromatic carbocycles. The number of hydrogen-bond acceptors (Lipinski definition) is 0. The van der Waals surface area contributed by atoms with Crippen LogP contribution in [0, 0.1) is 6.92 Å². The maximum Gasteiger partial charge on any atom is 0.416 e. The highest BCUT2D eigenvalue weighted by atomic mass is 19.4. The van der Waals surface area contributed by atoms with E-state index in [1.165, 1.54) is 17.7 Å². The van der Waals surface area contributed by atoms with Gasteiger partial charge in [-0.25, -0.2) is 0 Å². The fraction of sp³-hybridized carbons (Fsp3) is 0.556. The molecule has 118 valence electrons. The zero-order chi connectivity index (χ0) is 16.0. The van der Waals surface area contributed by atoms with E-state index in [0.29, 0.717) is 0 Å². The van der Waals surface area contributed by atoms with E-state index >= 15 is 0 Å². The van der Waals surface area contributed by atoms with Crippen LogP contribution >= 0.6 is 0 Å². The van der Waals surface area contributed by atoms with Gasteiger partial charge >= 0.3 is 6.18 Å². The molecule has 0 saturated heterocycles. The smallest absolute Gasteiger partial charge is 0.166 e. The van der Waals surface area contributed by atoms with Crippen LogP contribution in [0.5, 0.6) is 0 Å². The van der Waals surface area contributed by atoms with Gasteiger partial charge in [-0.1, -0.05) is 45.3 Å². The van der Waals surface area contributed by atoms with E-state index < -0.39 is 11.7 Å². The van der Waals surface area contributed by atoms with Gasteiger partial charge in [0, 0.05) is 0 Å². The molecule has 0 heterocycles. The first-order valence-corrected chi connectivity index (χ1v) is 7.74. The SMILES string of the molecule is CCCC(CCC)=C(CC)c1cc(C(F)(F)F)ccc1C. The first kappa shape index (κ1) is 17.8. The predicted octanol–water partition coefficient (Wildman–Crippen LogP) is 6.78. The van der Waals surface area contributed by atoms with Crippen LogP contribution in [0.4, 0.5) is 13.2 Å². The number of aryl methyl sites for hydroxylation is 1. The highest BCUT2D eigenvalue weighted by molar-refractivity contribution is 5.71. The summed E-state index contributed by atoms with van der Waals surface area (Å²) in [4.78, 5) is 0. The van der Waals surface area contributed by atoms with Gasteiger partial charge in [-0.2, -0.15) is 13.2 Å². The third kappa shape index (κ3) is 4.62. The van der Waals surface area contributed by atoms with Crippen LogP contribution in [-0.4, -0.2) is 0 Å². The third-order valence-electron chi connectivity index (χ3n) is 3.77. The standard InChI is InChI=1S/C18H25F3/c1-5-8-14(9-6-2)16(7-3)17-12-15(18(19,20)21)11-10-13(17)4/h10-12H,5-9H2,1-4H3. The summed E-state index contributed by atoms with van der Waals surface area (Å²) in [6, 6.07) is 4.08. The average Bonchev–Trinajstić information content (AvgIpc) is 2.40. The average molecular weight is 298 g/mol. The molecule has 0 amide bonds. The normalized spacial score (nSPS) is 11.6. The van der Waals surface area contributed by atoms with Crippen LogP contribution in [-0.2, 0) is 6.18 Å². The van der Waals surface area contributed by atoms with E-state index in [1.54, 1.807) is 6.07 Å². The highest BCUT2D eigenvalue weighted by Gasteiger charge is 2.31. The number of rotatable bonds is 6. The molecule has 3 heteroatoms. The van der Waals surface area contributed by atoms with E-state index in [4.69, 9.17) is 0 Å². The fourth-order valence-corrected chi connectivity index (χ4v) is 2.78. The van der Waals surface area contributed by atoms with Crippen molar-refractivity contribution < 1.29 is 13.2 Å². The number of allylic oxidation sites excluding steroid dienone is 2. The molecule has 0 aliphatic heterocycles. The van der Waals surface area contributed by atoms with E-state index in [9.17, 15) is 13.2 Å². The molecular weight excluding hydrogens is 273 g/mol. The van der Waals surface area contributed by atoms with Crippen molar-refractivity contribution in [2.24, 2.45) is 0 Å². The van der Waals surface area contributed by atoms with E-state index in [2.05, 4.69) is 13.8 Å². The summed E-state index contributed by atoms with van der Waals surface area (Å²) in [5.74, 6) is 0. The van der Waals surface area contributed by atoms with Crippen molar-refractivity contribution in [2.75, 3.05) is 0 Å². The van der Waals surface area contributed by atoms with Crippen LogP contribution in [0.3, 0.4) is 0 Å². The third-order valence-corrected chi connectivity index (χ3v) is 3.77. The second-order valence-electron chi connectivity index (χ2n) is 5.46. The molecule has 0 aliphatic carbocycles. The summed E-state index contributed by atoms with van der Waals surface area (Å²) in [5, 5.41) is 0. The largest absolute Gasteiger partial charge is 0.416 e. The molecule has 21 heavy (non-hydrogen) atoms. The van der Waals surface area contributed by atoms with Gasteiger partial charge in [0.25, 0.3) is 0 Å². The number of alkyl halides is 3. The van der Waals surface area contributed by atoms with Crippen molar-refractivity contribution in [2.45, 2.75) is 66.0 Å². The van der Waals surface area contributed by atoms with Crippen molar-refractivity contribution in [3.8, 4) is 0 Å². The van der Waals surface area contributed by atoms with Gasteiger partial charge in [0.05, 0.1) is 5.56 Å². The lowest BCUT2D eigenvalue weighted by Crippen LogP contribution is -2.06. The quantitative estimate of drug-likeness (QED) is 0.543.